The van der Waals surface area contributed by atoms with Crippen molar-refractivity contribution in [1.29, 1.82) is 0 Å². The minimum atomic E-state index is -3.52. The van der Waals surface area contributed by atoms with E-state index >= 15 is 0 Å². The van der Waals surface area contributed by atoms with Crippen LogP contribution in [0.1, 0.15) is 35.9 Å². The number of Topliss-reactive ketones (excluding diaryl/α,β-unsaturated/α-hetero) is 1. The lowest BCUT2D eigenvalue weighted by molar-refractivity contribution is 0.0981. The summed E-state index contributed by atoms with van der Waals surface area (Å²) in [6.45, 7) is 4.84. The largest absolute Gasteiger partial charge is 0.453 e. The maximum atomic E-state index is 13.5. The van der Waals surface area contributed by atoms with Crippen molar-refractivity contribution in [2.45, 2.75) is 31.6 Å². The Balaban J connectivity index is 1.44. The maximum absolute atomic E-state index is 13.5. The van der Waals surface area contributed by atoms with Crippen LogP contribution in [0.4, 0.5) is 10.1 Å². The highest BCUT2D eigenvalue weighted by molar-refractivity contribution is 7.89. The Labute approximate surface area is 181 Å². The lowest BCUT2D eigenvalue weighted by Crippen LogP contribution is -2.39. The van der Waals surface area contributed by atoms with Crippen molar-refractivity contribution in [3.8, 4) is 0 Å². The molecule has 0 bridgehead atoms. The molecule has 8 heteroatoms. The van der Waals surface area contributed by atoms with Gasteiger partial charge in [0.05, 0.1) is 11.4 Å². The Morgan fingerprint density at radius 1 is 1.23 bits per heavy atom. The fraction of sp³-hybridized carbons (Fsp3) is 0.348. The van der Waals surface area contributed by atoms with Gasteiger partial charge in [-0.05, 0) is 68.1 Å². The van der Waals surface area contributed by atoms with Gasteiger partial charge >= 0.3 is 0 Å². The summed E-state index contributed by atoms with van der Waals surface area (Å²) in [7, 11) is -3.52. The molecule has 1 aliphatic heterocycles. The number of hydrogen-bond donors (Lipinski definition) is 1. The number of hydrogen-bond acceptors (Lipinski definition) is 5. The Morgan fingerprint density at radius 2 is 1.97 bits per heavy atom. The van der Waals surface area contributed by atoms with Crippen LogP contribution in [-0.2, 0) is 10.0 Å². The second kappa shape index (κ2) is 8.43. The number of carbonyl (C=O) groups is 1. The number of nitrogens with one attached hydrogen (secondary N) is 1. The molecule has 0 amide bonds. The molecule has 1 N–H and O–H groups in total. The zero-order valence-electron chi connectivity index (χ0n) is 17.5. The van der Waals surface area contributed by atoms with Crippen LogP contribution in [-0.4, -0.2) is 38.1 Å². The molecule has 1 atom stereocenters. The number of sulfonamides is 1. The molecule has 0 aliphatic carbocycles. The van der Waals surface area contributed by atoms with E-state index in [-0.39, 0.29) is 28.8 Å². The Morgan fingerprint density at radius 3 is 2.68 bits per heavy atom. The summed E-state index contributed by atoms with van der Waals surface area (Å²) < 4.78 is 46.3. The van der Waals surface area contributed by atoms with Crippen molar-refractivity contribution in [2.75, 3.05) is 25.0 Å². The summed E-state index contributed by atoms with van der Waals surface area (Å²) in [4.78, 5) is 12.8. The van der Waals surface area contributed by atoms with E-state index in [1.165, 1.54) is 18.2 Å². The first-order valence-corrected chi connectivity index (χ1v) is 11.8. The summed E-state index contributed by atoms with van der Waals surface area (Å²) in [6, 6.07) is 10.5. The quantitative estimate of drug-likeness (QED) is 0.562. The summed E-state index contributed by atoms with van der Waals surface area (Å²) in [5.74, 6) is -0.115. The van der Waals surface area contributed by atoms with Crippen molar-refractivity contribution in [2.24, 2.45) is 5.92 Å². The monoisotopic (exact) mass is 444 g/mol. The number of carbonyl (C=O) groups excluding carboxylic acids is 1. The molecule has 3 aromatic rings. The zero-order chi connectivity index (χ0) is 22.2. The van der Waals surface area contributed by atoms with Gasteiger partial charge in [-0.15, -0.1) is 0 Å². The molecule has 1 aliphatic rings. The van der Waals surface area contributed by atoms with E-state index in [9.17, 15) is 17.6 Å². The Bertz CT molecular complexity index is 1220. The SMILES string of the molecule is Cc1c(C(=O)CNc2ccc(S(=O)(=O)N3CCCC(C)C3)cc2)oc2ccc(F)cc12. The van der Waals surface area contributed by atoms with Gasteiger partial charge in [-0.2, -0.15) is 4.31 Å². The zero-order valence-corrected chi connectivity index (χ0v) is 18.3. The predicted octanol–water partition coefficient (Wildman–Crippen LogP) is 4.60. The topological polar surface area (TPSA) is 79.6 Å². The standard InChI is InChI=1S/C23H25FN2O4S/c1-15-4-3-11-26(14-15)31(28,29)19-8-6-18(7-9-19)25-13-21(27)23-16(2)20-12-17(24)5-10-22(20)30-23/h5-10,12,15,25H,3-4,11,13-14H2,1-2H3. The first-order chi connectivity index (χ1) is 14.8. The number of piperidine rings is 1. The third-order valence-corrected chi connectivity index (χ3v) is 7.60. The van der Waals surface area contributed by atoms with Crippen molar-refractivity contribution in [3.05, 3.63) is 59.6 Å². The van der Waals surface area contributed by atoms with E-state index in [1.54, 1.807) is 35.5 Å². The molecule has 4 rings (SSSR count). The van der Waals surface area contributed by atoms with Crippen LogP contribution in [0.3, 0.4) is 0 Å². The molecule has 2 aromatic carbocycles. The van der Waals surface area contributed by atoms with Crippen LogP contribution in [0, 0.1) is 18.7 Å². The summed E-state index contributed by atoms with van der Waals surface area (Å²) in [6.07, 6.45) is 1.92. The minimum Gasteiger partial charge on any atom is -0.453 e. The molecule has 0 saturated carbocycles. The van der Waals surface area contributed by atoms with E-state index in [0.717, 1.165) is 12.8 Å². The van der Waals surface area contributed by atoms with E-state index in [4.69, 9.17) is 4.42 Å². The molecule has 2 heterocycles. The maximum Gasteiger partial charge on any atom is 0.243 e. The molecule has 1 aromatic heterocycles. The molecule has 6 nitrogen and oxygen atoms in total. The van der Waals surface area contributed by atoms with Gasteiger partial charge < -0.3 is 9.73 Å². The average molecular weight is 445 g/mol. The van der Waals surface area contributed by atoms with Gasteiger partial charge in [-0.25, -0.2) is 12.8 Å². The smallest absolute Gasteiger partial charge is 0.243 e. The minimum absolute atomic E-state index is 0.0289. The Hall–Kier alpha value is -2.71. The summed E-state index contributed by atoms with van der Waals surface area (Å²) >= 11 is 0. The third-order valence-electron chi connectivity index (χ3n) is 5.72. The fourth-order valence-corrected chi connectivity index (χ4v) is 5.58. The number of halogens is 1. The highest BCUT2D eigenvalue weighted by Gasteiger charge is 2.28. The number of anilines is 1. The molecule has 0 radical (unpaired) electrons. The highest BCUT2D eigenvalue weighted by Crippen LogP contribution is 2.27. The van der Waals surface area contributed by atoms with Crippen molar-refractivity contribution in [1.82, 2.24) is 4.31 Å². The molecular weight excluding hydrogens is 419 g/mol. The molecule has 1 fully saturated rings. The van der Waals surface area contributed by atoms with Crippen LogP contribution >= 0.6 is 0 Å². The van der Waals surface area contributed by atoms with Gasteiger partial charge in [0.25, 0.3) is 0 Å². The van der Waals surface area contributed by atoms with Gasteiger partial charge in [-0.1, -0.05) is 6.92 Å². The normalized spacial score (nSPS) is 17.7. The average Bonchev–Trinajstić information content (AvgIpc) is 3.08. The van der Waals surface area contributed by atoms with Crippen molar-refractivity contribution in [3.63, 3.8) is 0 Å². The first-order valence-electron chi connectivity index (χ1n) is 10.3. The number of fused-ring (bicyclic) bond motifs is 1. The number of benzene rings is 2. The van der Waals surface area contributed by atoms with Crippen LogP contribution in [0.5, 0.6) is 0 Å². The number of ketones is 1. The highest BCUT2D eigenvalue weighted by atomic mass is 32.2. The van der Waals surface area contributed by atoms with Crippen molar-refractivity contribution >= 4 is 32.5 Å². The van der Waals surface area contributed by atoms with E-state index in [0.29, 0.717) is 41.2 Å². The van der Waals surface area contributed by atoms with Gasteiger partial charge in [0.15, 0.2) is 5.76 Å². The van der Waals surface area contributed by atoms with Gasteiger partial charge in [0.2, 0.25) is 15.8 Å². The lowest BCUT2D eigenvalue weighted by atomic mass is 10.0. The van der Waals surface area contributed by atoms with Gasteiger partial charge in [-0.3, -0.25) is 4.79 Å². The molecule has 1 saturated heterocycles. The molecule has 1 unspecified atom stereocenters. The predicted molar refractivity (Wildman–Crippen MR) is 117 cm³/mol. The van der Waals surface area contributed by atoms with E-state index in [1.807, 2.05) is 0 Å². The van der Waals surface area contributed by atoms with E-state index < -0.39 is 10.0 Å². The second-order valence-corrected chi connectivity index (χ2v) is 10.0. The van der Waals surface area contributed by atoms with Crippen LogP contribution in [0.2, 0.25) is 0 Å². The summed E-state index contributed by atoms with van der Waals surface area (Å²) in [5.41, 5.74) is 1.68. The first kappa shape index (κ1) is 21.5. The van der Waals surface area contributed by atoms with Crippen LogP contribution in [0.15, 0.2) is 51.8 Å². The number of nitrogens with zero attached hydrogens (tertiary/aromatic N) is 1. The molecule has 31 heavy (non-hydrogen) atoms. The van der Waals surface area contributed by atoms with Crippen molar-refractivity contribution < 1.29 is 22.0 Å². The van der Waals surface area contributed by atoms with Crippen LogP contribution < -0.4 is 5.32 Å². The molecule has 164 valence electrons. The number of aryl methyl sites for hydroxylation is 1. The summed E-state index contributed by atoms with van der Waals surface area (Å²) in [5, 5.41) is 3.57. The second-order valence-electron chi connectivity index (χ2n) is 8.11. The number of furan rings is 1. The van der Waals surface area contributed by atoms with Gasteiger partial charge in [0, 0.05) is 29.7 Å². The Kier molecular flexibility index (Phi) is 5.85. The lowest BCUT2D eigenvalue weighted by Gasteiger charge is -2.30. The molecule has 0 spiro atoms. The third kappa shape index (κ3) is 4.36. The number of rotatable bonds is 6. The molecular formula is C23H25FN2O4S. The van der Waals surface area contributed by atoms with Gasteiger partial charge in [0.1, 0.15) is 11.4 Å². The fourth-order valence-electron chi connectivity index (χ4n) is 3.98. The van der Waals surface area contributed by atoms with Crippen LogP contribution in [0.25, 0.3) is 11.0 Å². The van der Waals surface area contributed by atoms with E-state index in [2.05, 4.69) is 12.2 Å².